The highest BCUT2D eigenvalue weighted by atomic mass is 16.5. The van der Waals surface area contributed by atoms with Crippen LogP contribution in [0, 0.1) is 11.3 Å². The number of nitrogens with zero attached hydrogens (tertiary/aromatic N) is 4. The number of ether oxygens (including phenoxy) is 1. The minimum absolute atomic E-state index is 0.302. The second-order valence-corrected chi connectivity index (χ2v) is 8.02. The van der Waals surface area contributed by atoms with E-state index >= 15 is 0 Å². The van der Waals surface area contributed by atoms with Crippen LogP contribution in [0.5, 0.6) is 0 Å². The van der Waals surface area contributed by atoms with Crippen molar-refractivity contribution < 1.29 is 4.74 Å². The standard InChI is InChI=1S/C27H23N5O/c28-13-23-25(21-9-5-11-31-15-21)24-18-33-17-22(12-20-8-4-10-30-14-20)26(24)32(27(23)29)16-19-6-2-1-3-7-19/h1-12,14-15,25H,16-18,29H2/b22-12-/t25-/m1/s1. The number of rotatable bonds is 4. The third kappa shape index (κ3) is 4.02. The van der Waals surface area contributed by atoms with Crippen LogP contribution < -0.4 is 5.73 Å². The largest absolute Gasteiger partial charge is 0.384 e. The van der Waals surface area contributed by atoms with Crippen LogP contribution in [0.3, 0.4) is 0 Å². The number of hydrogen-bond donors (Lipinski definition) is 1. The normalized spacial score (nSPS) is 19.4. The fourth-order valence-corrected chi connectivity index (χ4v) is 4.51. The van der Waals surface area contributed by atoms with E-state index in [-0.39, 0.29) is 5.92 Å². The third-order valence-electron chi connectivity index (χ3n) is 5.94. The molecule has 33 heavy (non-hydrogen) atoms. The lowest BCUT2D eigenvalue weighted by atomic mass is 9.79. The van der Waals surface area contributed by atoms with E-state index in [2.05, 4.69) is 39.1 Å². The molecule has 0 unspecified atom stereocenters. The Balaban J connectivity index is 1.70. The van der Waals surface area contributed by atoms with Crippen molar-refractivity contribution in [2.24, 2.45) is 5.73 Å². The molecule has 1 atom stereocenters. The maximum absolute atomic E-state index is 10.1. The van der Waals surface area contributed by atoms with E-state index in [0.29, 0.717) is 31.2 Å². The molecule has 0 fully saturated rings. The lowest BCUT2D eigenvalue weighted by Crippen LogP contribution is -2.39. The molecule has 0 aliphatic carbocycles. The summed E-state index contributed by atoms with van der Waals surface area (Å²) in [7, 11) is 0. The van der Waals surface area contributed by atoms with Crippen molar-refractivity contribution in [3.63, 3.8) is 0 Å². The van der Waals surface area contributed by atoms with Crippen molar-refractivity contribution >= 4 is 6.08 Å². The molecule has 0 radical (unpaired) electrons. The zero-order valence-electron chi connectivity index (χ0n) is 18.1. The SMILES string of the molecule is N#CC1=C(N)N(Cc2ccccc2)C2=C(COC/C2=C/c2cccnc2)[C@@H]1c1cccnc1. The fraction of sp³-hybridized carbons (Fsp3) is 0.148. The molecule has 6 nitrogen and oxygen atoms in total. The first-order chi connectivity index (χ1) is 16.3. The summed E-state index contributed by atoms with van der Waals surface area (Å²) in [6.45, 7) is 1.43. The molecule has 0 saturated carbocycles. The number of allylic oxidation sites excluding steroid dienone is 1. The molecule has 0 amide bonds. The summed E-state index contributed by atoms with van der Waals surface area (Å²) in [6, 6.07) is 20.3. The average Bonchev–Trinajstić information content (AvgIpc) is 2.87. The molecule has 4 heterocycles. The van der Waals surface area contributed by atoms with Crippen molar-refractivity contribution in [3.05, 3.63) is 124 Å². The van der Waals surface area contributed by atoms with Gasteiger partial charge in [-0.1, -0.05) is 42.5 Å². The molecule has 2 aliphatic rings. The van der Waals surface area contributed by atoms with Crippen LogP contribution in [0.1, 0.15) is 22.6 Å². The van der Waals surface area contributed by atoms with Gasteiger partial charge in [0.2, 0.25) is 0 Å². The Hall–Kier alpha value is -4.21. The van der Waals surface area contributed by atoms with E-state index in [9.17, 15) is 5.26 Å². The molecular weight excluding hydrogens is 410 g/mol. The summed E-state index contributed by atoms with van der Waals surface area (Å²) in [5.41, 5.74) is 13.3. The molecule has 0 bridgehead atoms. The summed E-state index contributed by atoms with van der Waals surface area (Å²) in [5.74, 6) is 0.163. The Morgan fingerprint density at radius 3 is 2.52 bits per heavy atom. The minimum atomic E-state index is -0.302. The predicted octanol–water partition coefficient (Wildman–Crippen LogP) is 4.14. The lowest BCUT2D eigenvalue weighted by molar-refractivity contribution is 0.157. The first kappa shape index (κ1) is 20.7. The summed E-state index contributed by atoms with van der Waals surface area (Å²) in [5, 5.41) is 10.1. The molecule has 162 valence electrons. The van der Waals surface area contributed by atoms with E-state index in [1.807, 2.05) is 48.7 Å². The number of benzene rings is 1. The summed E-state index contributed by atoms with van der Waals surface area (Å²) in [6.07, 6.45) is 9.19. The topological polar surface area (TPSA) is 88.1 Å². The second kappa shape index (κ2) is 9.11. The highest BCUT2D eigenvalue weighted by molar-refractivity contribution is 5.64. The number of hydrogen-bond acceptors (Lipinski definition) is 6. The zero-order valence-corrected chi connectivity index (χ0v) is 18.1. The molecule has 2 N–H and O–H groups in total. The van der Waals surface area contributed by atoms with Crippen molar-refractivity contribution in [1.29, 1.82) is 5.26 Å². The highest BCUT2D eigenvalue weighted by Gasteiger charge is 2.38. The Morgan fingerprint density at radius 1 is 1.03 bits per heavy atom. The highest BCUT2D eigenvalue weighted by Crippen LogP contribution is 2.44. The molecule has 3 aromatic rings. The van der Waals surface area contributed by atoms with E-state index in [1.54, 1.807) is 18.6 Å². The van der Waals surface area contributed by atoms with Gasteiger partial charge in [0.1, 0.15) is 5.82 Å². The molecule has 2 aromatic heterocycles. The lowest BCUT2D eigenvalue weighted by Gasteiger charge is -2.41. The number of aromatic nitrogens is 2. The fourth-order valence-electron chi connectivity index (χ4n) is 4.51. The maximum atomic E-state index is 10.1. The van der Waals surface area contributed by atoms with Crippen LogP contribution in [0.15, 0.2) is 108 Å². The minimum Gasteiger partial charge on any atom is -0.384 e. The van der Waals surface area contributed by atoms with Gasteiger partial charge < -0.3 is 15.4 Å². The van der Waals surface area contributed by atoms with Gasteiger partial charge in [0, 0.05) is 42.8 Å². The Kier molecular flexibility index (Phi) is 5.71. The van der Waals surface area contributed by atoms with Crippen LogP contribution in [-0.4, -0.2) is 28.1 Å². The number of nitrogens with two attached hydrogens (primary N) is 1. The number of pyridine rings is 2. The Morgan fingerprint density at radius 2 is 1.82 bits per heavy atom. The van der Waals surface area contributed by atoms with Gasteiger partial charge in [0.25, 0.3) is 0 Å². The smallest absolute Gasteiger partial charge is 0.118 e. The second-order valence-electron chi connectivity index (χ2n) is 8.02. The van der Waals surface area contributed by atoms with E-state index < -0.39 is 0 Å². The molecule has 6 heteroatoms. The van der Waals surface area contributed by atoms with Gasteiger partial charge in [-0.3, -0.25) is 9.97 Å². The molecular formula is C27H23N5O. The first-order valence-electron chi connectivity index (χ1n) is 10.8. The molecule has 5 rings (SSSR count). The van der Waals surface area contributed by atoms with Gasteiger partial charge in [-0.25, -0.2) is 0 Å². The van der Waals surface area contributed by atoms with E-state index in [0.717, 1.165) is 33.5 Å². The van der Waals surface area contributed by atoms with Crippen molar-refractivity contribution in [2.45, 2.75) is 12.5 Å². The van der Waals surface area contributed by atoms with Gasteiger partial charge in [-0.15, -0.1) is 0 Å². The van der Waals surface area contributed by atoms with Crippen LogP contribution >= 0.6 is 0 Å². The van der Waals surface area contributed by atoms with Gasteiger partial charge in [-0.05, 0) is 40.5 Å². The summed E-state index contributed by atoms with van der Waals surface area (Å²) >= 11 is 0. The van der Waals surface area contributed by atoms with Crippen molar-refractivity contribution in [1.82, 2.24) is 14.9 Å². The molecule has 0 spiro atoms. The molecule has 0 saturated heterocycles. The summed E-state index contributed by atoms with van der Waals surface area (Å²) < 4.78 is 6.04. The van der Waals surface area contributed by atoms with E-state index in [4.69, 9.17) is 10.5 Å². The monoisotopic (exact) mass is 433 g/mol. The molecule has 2 aliphatic heterocycles. The van der Waals surface area contributed by atoms with Gasteiger partial charge in [-0.2, -0.15) is 5.26 Å². The van der Waals surface area contributed by atoms with Crippen LogP contribution in [0.4, 0.5) is 0 Å². The predicted molar refractivity (Wildman–Crippen MR) is 126 cm³/mol. The van der Waals surface area contributed by atoms with Gasteiger partial charge >= 0.3 is 0 Å². The maximum Gasteiger partial charge on any atom is 0.118 e. The van der Waals surface area contributed by atoms with Crippen LogP contribution in [0.2, 0.25) is 0 Å². The zero-order chi connectivity index (χ0) is 22.6. The van der Waals surface area contributed by atoms with Gasteiger partial charge in [0.15, 0.2) is 0 Å². The Bertz CT molecular complexity index is 1270. The quantitative estimate of drug-likeness (QED) is 0.665. The average molecular weight is 434 g/mol. The molecule has 1 aromatic carbocycles. The third-order valence-corrected chi connectivity index (χ3v) is 5.94. The van der Waals surface area contributed by atoms with Crippen LogP contribution in [-0.2, 0) is 11.3 Å². The van der Waals surface area contributed by atoms with Crippen molar-refractivity contribution in [2.75, 3.05) is 13.2 Å². The number of nitriles is 1. The van der Waals surface area contributed by atoms with Crippen molar-refractivity contribution in [3.8, 4) is 6.07 Å². The Labute approximate surface area is 193 Å². The van der Waals surface area contributed by atoms with Crippen LogP contribution in [0.25, 0.3) is 6.08 Å². The van der Waals surface area contributed by atoms with E-state index in [1.165, 1.54) is 0 Å². The first-order valence-corrected chi connectivity index (χ1v) is 10.8. The van der Waals surface area contributed by atoms with Gasteiger partial charge in [0.05, 0.1) is 30.6 Å². The summed E-state index contributed by atoms with van der Waals surface area (Å²) in [4.78, 5) is 10.6.